The first-order chi connectivity index (χ1) is 13.3. The molecule has 0 radical (unpaired) electrons. The molecule has 1 N–H and O–H groups in total. The maximum atomic E-state index is 12.3. The van der Waals surface area contributed by atoms with Crippen LogP contribution in [0.3, 0.4) is 0 Å². The Kier molecular flexibility index (Phi) is 6.36. The van der Waals surface area contributed by atoms with Gasteiger partial charge in [-0.1, -0.05) is 54.6 Å². The topological polar surface area (TPSA) is 38.3 Å². The molecule has 4 heteroatoms. The quantitative estimate of drug-likeness (QED) is 0.425. The Hall–Kier alpha value is -3.40. The average molecular weight is 360 g/mol. The Labute approximate surface area is 158 Å². The molecule has 0 aromatic heterocycles. The minimum absolute atomic E-state index is 0.0459. The summed E-state index contributed by atoms with van der Waals surface area (Å²) in [7, 11) is 0. The summed E-state index contributed by atoms with van der Waals surface area (Å²) in [6, 6.07) is 24.7. The average Bonchev–Trinajstić information content (AvgIpc) is 2.74. The van der Waals surface area contributed by atoms with Gasteiger partial charge in [-0.15, -0.1) is 0 Å². The third kappa shape index (κ3) is 5.28. The number of ketones is 1. The molecule has 0 saturated carbocycles. The van der Waals surface area contributed by atoms with E-state index in [2.05, 4.69) is 5.32 Å². The smallest absolute Gasteiger partial charge is 0.187 e. The summed E-state index contributed by atoms with van der Waals surface area (Å²) < 4.78 is 17.2. The molecule has 0 aliphatic heterocycles. The van der Waals surface area contributed by atoms with Crippen molar-refractivity contribution in [1.82, 2.24) is 0 Å². The number of carbonyl (C=O) groups is 1. The Balaban J connectivity index is 1.56. The van der Waals surface area contributed by atoms with E-state index in [1.54, 1.807) is 30.5 Å². The number of carbonyl (C=O) groups excluding carboxylic acids is 1. The first kappa shape index (κ1) is 18.4. The van der Waals surface area contributed by atoms with Gasteiger partial charge >= 0.3 is 0 Å². The highest BCUT2D eigenvalue weighted by Gasteiger charge is 2.03. The summed E-state index contributed by atoms with van der Waals surface area (Å²) >= 11 is 0. The van der Waals surface area contributed by atoms with Gasteiger partial charge in [-0.05, 0) is 35.4 Å². The van der Waals surface area contributed by atoms with Crippen molar-refractivity contribution in [3.05, 3.63) is 96.7 Å². The highest BCUT2D eigenvalue weighted by molar-refractivity contribution is 6.04. The van der Waals surface area contributed by atoms with Crippen molar-refractivity contribution in [1.29, 1.82) is 0 Å². The fourth-order valence-corrected chi connectivity index (χ4v) is 2.57. The lowest BCUT2D eigenvalue weighted by Crippen LogP contribution is -1.99. The normalized spacial score (nSPS) is 10.7. The third-order valence-electron chi connectivity index (χ3n) is 3.96. The van der Waals surface area contributed by atoms with Crippen LogP contribution in [0.4, 0.5) is 10.1 Å². The highest BCUT2D eigenvalue weighted by Crippen LogP contribution is 2.19. The zero-order valence-electron chi connectivity index (χ0n) is 14.8. The second-order valence-corrected chi connectivity index (χ2v) is 5.85. The van der Waals surface area contributed by atoms with E-state index in [1.165, 1.54) is 6.08 Å². The number of ether oxygens (including phenoxy) is 1. The molecule has 0 atom stereocenters. The van der Waals surface area contributed by atoms with Gasteiger partial charge in [-0.2, -0.15) is 0 Å². The van der Waals surface area contributed by atoms with Crippen LogP contribution >= 0.6 is 0 Å². The molecule has 0 unspecified atom stereocenters. The number of hydrogen-bond donors (Lipinski definition) is 1. The van der Waals surface area contributed by atoms with Crippen LogP contribution in [-0.2, 0) is 0 Å². The van der Waals surface area contributed by atoms with Gasteiger partial charge in [0.05, 0.1) is 0 Å². The molecule has 0 heterocycles. The molecule has 3 rings (SSSR count). The van der Waals surface area contributed by atoms with E-state index >= 15 is 0 Å². The van der Waals surface area contributed by atoms with Gasteiger partial charge in [-0.3, -0.25) is 4.79 Å². The number of alkyl halides is 1. The second kappa shape index (κ2) is 9.34. The lowest BCUT2D eigenvalue weighted by Gasteiger charge is -2.05. The Morgan fingerprint density at radius 1 is 0.889 bits per heavy atom. The first-order valence-electron chi connectivity index (χ1n) is 8.68. The minimum atomic E-state index is -0.517. The van der Waals surface area contributed by atoms with Crippen LogP contribution in [-0.4, -0.2) is 19.1 Å². The van der Waals surface area contributed by atoms with Crippen molar-refractivity contribution in [3.8, 4) is 16.9 Å². The summed E-state index contributed by atoms with van der Waals surface area (Å²) in [5, 5.41) is 3.03. The number of rotatable bonds is 8. The largest absolute Gasteiger partial charge is 0.491 e. The van der Waals surface area contributed by atoms with Crippen LogP contribution in [0.5, 0.6) is 5.75 Å². The van der Waals surface area contributed by atoms with E-state index < -0.39 is 6.67 Å². The molecule has 0 saturated heterocycles. The van der Waals surface area contributed by atoms with E-state index in [0.29, 0.717) is 11.3 Å². The van der Waals surface area contributed by atoms with Crippen molar-refractivity contribution in [3.63, 3.8) is 0 Å². The zero-order valence-corrected chi connectivity index (χ0v) is 14.8. The van der Waals surface area contributed by atoms with Gasteiger partial charge in [0.15, 0.2) is 5.78 Å². The molecule has 136 valence electrons. The standard InChI is InChI=1S/C23H20FNO2/c24-15-17-27-22-12-10-21(11-13-22)25-16-14-23(26)20-8-6-19(7-9-20)18-4-2-1-3-5-18/h1-14,16,25H,15,17H2/b16-14+/i24-1. The molecule has 27 heavy (non-hydrogen) atoms. The Morgan fingerprint density at radius 2 is 1.56 bits per heavy atom. The second-order valence-electron chi connectivity index (χ2n) is 5.85. The lowest BCUT2D eigenvalue weighted by atomic mass is 10.0. The van der Waals surface area contributed by atoms with Crippen molar-refractivity contribution in [2.45, 2.75) is 0 Å². The van der Waals surface area contributed by atoms with Crippen molar-refractivity contribution in [2.75, 3.05) is 18.6 Å². The van der Waals surface area contributed by atoms with Gasteiger partial charge in [0, 0.05) is 23.5 Å². The van der Waals surface area contributed by atoms with Crippen LogP contribution in [0.25, 0.3) is 11.1 Å². The van der Waals surface area contributed by atoms with E-state index in [0.717, 1.165) is 16.8 Å². The van der Waals surface area contributed by atoms with E-state index in [9.17, 15) is 9.18 Å². The number of halogens is 1. The minimum Gasteiger partial charge on any atom is -0.491 e. The van der Waals surface area contributed by atoms with E-state index in [-0.39, 0.29) is 12.4 Å². The fraction of sp³-hybridized carbons (Fsp3) is 0.0870. The van der Waals surface area contributed by atoms with Crippen LogP contribution in [0.15, 0.2) is 91.1 Å². The summed E-state index contributed by atoms with van der Waals surface area (Å²) in [4.78, 5) is 12.3. The maximum absolute atomic E-state index is 12.3. The van der Waals surface area contributed by atoms with Crippen LogP contribution in [0.1, 0.15) is 10.4 Å². The molecule has 0 spiro atoms. The van der Waals surface area contributed by atoms with Gasteiger partial charge in [-0.25, -0.2) is 4.39 Å². The summed E-state index contributed by atoms with van der Waals surface area (Å²) in [6.45, 7) is -0.471. The summed E-state index contributed by atoms with van der Waals surface area (Å²) in [6.07, 6.45) is 3.09. The summed E-state index contributed by atoms with van der Waals surface area (Å²) in [5.41, 5.74) is 3.63. The number of hydrogen-bond acceptors (Lipinski definition) is 3. The summed E-state index contributed by atoms with van der Waals surface area (Å²) in [5.74, 6) is 0.529. The number of allylic oxidation sites excluding steroid dienone is 1. The predicted molar refractivity (Wildman–Crippen MR) is 107 cm³/mol. The molecular formula is C23H20FNO2. The SMILES string of the molecule is O=C(/C=C/Nc1ccc(OCC[18F])cc1)c1ccc(-c2ccccc2)cc1. The molecule has 0 aliphatic rings. The van der Waals surface area contributed by atoms with Crippen LogP contribution in [0, 0.1) is 0 Å². The van der Waals surface area contributed by atoms with E-state index in [4.69, 9.17) is 4.74 Å². The predicted octanol–water partition coefficient (Wildman–Crippen LogP) is 5.51. The van der Waals surface area contributed by atoms with E-state index in [1.807, 2.05) is 54.6 Å². The Bertz CT molecular complexity index is 888. The molecule has 0 fully saturated rings. The number of anilines is 1. The molecule has 0 amide bonds. The lowest BCUT2D eigenvalue weighted by molar-refractivity contribution is 0.104. The maximum Gasteiger partial charge on any atom is 0.187 e. The van der Waals surface area contributed by atoms with Gasteiger partial charge in [0.2, 0.25) is 0 Å². The van der Waals surface area contributed by atoms with Gasteiger partial charge < -0.3 is 10.1 Å². The van der Waals surface area contributed by atoms with Gasteiger partial charge in [0.25, 0.3) is 0 Å². The Morgan fingerprint density at radius 3 is 2.22 bits per heavy atom. The van der Waals surface area contributed by atoms with Crippen LogP contribution < -0.4 is 10.1 Å². The molecule has 0 aliphatic carbocycles. The first-order valence-corrected chi connectivity index (χ1v) is 8.68. The molecule has 3 aromatic rings. The molecular weight excluding hydrogens is 340 g/mol. The van der Waals surface area contributed by atoms with Gasteiger partial charge in [0.1, 0.15) is 19.0 Å². The number of nitrogens with one attached hydrogen (secondary N) is 1. The third-order valence-corrected chi connectivity index (χ3v) is 3.96. The molecule has 3 nitrogen and oxygen atoms in total. The van der Waals surface area contributed by atoms with Crippen molar-refractivity contribution in [2.24, 2.45) is 0 Å². The van der Waals surface area contributed by atoms with Crippen molar-refractivity contribution < 1.29 is 13.9 Å². The monoisotopic (exact) mass is 360 g/mol. The molecule has 0 bridgehead atoms. The highest BCUT2D eigenvalue weighted by atomic mass is 18.2. The fourth-order valence-electron chi connectivity index (χ4n) is 2.57. The number of benzene rings is 3. The zero-order chi connectivity index (χ0) is 18.9. The molecule has 3 aromatic carbocycles. The van der Waals surface area contributed by atoms with Crippen LogP contribution in [0.2, 0.25) is 0 Å². The van der Waals surface area contributed by atoms with Crippen molar-refractivity contribution >= 4 is 11.5 Å².